The average Bonchev–Trinajstić information content (AvgIpc) is 3.09. The number of hydrogen-bond acceptors (Lipinski definition) is 8. The normalized spacial score (nSPS) is 38.6. The molecule has 204 valence electrons. The van der Waals surface area contributed by atoms with Gasteiger partial charge in [-0.1, -0.05) is 18.9 Å². The van der Waals surface area contributed by atoms with Gasteiger partial charge in [0.1, 0.15) is 18.0 Å². The molecule has 4 N–H and O–H groups in total. The highest BCUT2D eigenvalue weighted by Crippen LogP contribution is 2.68. The maximum Gasteiger partial charge on any atom is 0.310 e. The summed E-state index contributed by atoms with van der Waals surface area (Å²) in [6, 6.07) is 0. The van der Waals surface area contributed by atoms with Crippen LogP contribution in [-0.4, -0.2) is 62.2 Å². The number of carboxylic acid groups (broad SMARTS) is 1. The molecular formula is C28H38O9. The van der Waals surface area contributed by atoms with Crippen molar-refractivity contribution in [1.29, 1.82) is 0 Å². The van der Waals surface area contributed by atoms with Crippen LogP contribution in [0.2, 0.25) is 0 Å². The summed E-state index contributed by atoms with van der Waals surface area (Å²) in [6.45, 7) is 2.98. The number of fused-ring (bicyclic) bond motifs is 5. The van der Waals surface area contributed by atoms with Crippen molar-refractivity contribution in [3.8, 4) is 0 Å². The quantitative estimate of drug-likeness (QED) is 0.266. The van der Waals surface area contributed by atoms with Crippen molar-refractivity contribution in [2.75, 3.05) is 6.61 Å². The van der Waals surface area contributed by atoms with Gasteiger partial charge in [0.05, 0.1) is 11.5 Å². The molecular weight excluding hydrogens is 480 g/mol. The summed E-state index contributed by atoms with van der Waals surface area (Å²) in [4.78, 5) is 48.5. The highest BCUT2D eigenvalue weighted by molar-refractivity contribution is 6.02. The summed E-state index contributed by atoms with van der Waals surface area (Å²) in [6.07, 6.45) is 5.81. The van der Waals surface area contributed by atoms with Gasteiger partial charge in [-0.2, -0.15) is 0 Å². The van der Waals surface area contributed by atoms with Gasteiger partial charge < -0.3 is 25.2 Å². The van der Waals surface area contributed by atoms with E-state index in [1.165, 1.54) is 6.08 Å². The van der Waals surface area contributed by atoms with Crippen LogP contribution in [0.5, 0.6) is 0 Å². The van der Waals surface area contributed by atoms with Crippen molar-refractivity contribution in [1.82, 2.24) is 0 Å². The van der Waals surface area contributed by atoms with E-state index in [2.05, 4.69) is 0 Å². The van der Waals surface area contributed by atoms with Crippen LogP contribution in [0.25, 0.3) is 0 Å². The van der Waals surface area contributed by atoms with Crippen LogP contribution in [0.15, 0.2) is 23.5 Å². The lowest BCUT2D eigenvalue weighted by Crippen LogP contribution is -2.62. The smallest absolute Gasteiger partial charge is 0.310 e. The predicted octanol–water partition coefficient (Wildman–Crippen LogP) is 2.46. The number of carbonyl (C=O) groups excluding carboxylic acids is 3. The Morgan fingerprint density at radius 2 is 1.78 bits per heavy atom. The molecule has 37 heavy (non-hydrogen) atoms. The molecule has 7 atom stereocenters. The van der Waals surface area contributed by atoms with Crippen molar-refractivity contribution in [2.24, 2.45) is 28.6 Å². The number of Topliss-reactive ketones (excluding diaryl/α,β-unsaturated/α-hetero) is 1. The monoisotopic (exact) mass is 518 g/mol. The van der Waals surface area contributed by atoms with Crippen LogP contribution in [0.1, 0.15) is 78.1 Å². The molecule has 3 fully saturated rings. The maximum atomic E-state index is 12.7. The van der Waals surface area contributed by atoms with E-state index in [0.717, 1.165) is 5.57 Å². The molecule has 4 aliphatic carbocycles. The zero-order chi connectivity index (χ0) is 27.2. The summed E-state index contributed by atoms with van der Waals surface area (Å²) in [5.74, 6) is -2.58. The number of esters is 1. The molecule has 0 amide bonds. The van der Waals surface area contributed by atoms with E-state index < -0.39 is 46.9 Å². The number of rotatable bonds is 9. The summed E-state index contributed by atoms with van der Waals surface area (Å²) < 4.78 is 5.79. The van der Waals surface area contributed by atoms with Crippen molar-refractivity contribution in [3.63, 3.8) is 0 Å². The number of aliphatic hydroxyl groups excluding tert-OH is 2. The standard InChI is InChI=1S/C28H38O9/c1-26-14-20(31)25-18(19(26)10-11-28(26,36)21(32)15-29)9-8-16-12-17(30)13-22(27(16,25)2)37-24(35)7-5-3-4-6-23(33)34/h12-13,18-20,25,29,31,36H,3-11,14-15H2,1-2H3,(H,33,34)/t18-,19-,20-,25+,26-,27+,28-/m0/s1. The summed E-state index contributed by atoms with van der Waals surface area (Å²) in [5, 5.41) is 41.2. The molecule has 9 heteroatoms. The summed E-state index contributed by atoms with van der Waals surface area (Å²) in [5.41, 5.74) is -2.68. The fourth-order valence-electron chi connectivity index (χ4n) is 8.03. The lowest BCUT2D eigenvalue weighted by molar-refractivity contribution is -0.182. The molecule has 0 aromatic carbocycles. The van der Waals surface area contributed by atoms with E-state index in [9.17, 15) is 34.5 Å². The minimum absolute atomic E-state index is 0.0427. The SMILES string of the molecule is C[C@@]12C(=CC(=O)C=C1OC(=O)CCCCCC(=O)O)CC[C@@H]1[C@@H]2[C@@H](O)C[C@@]2(C)[C@H]1CC[C@]2(O)C(=O)CO. The Morgan fingerprint density at radius 3 is 2.46 bits per heavy atom. The van der Waals surface area contributed by atoms with Gasteiger partial charge in [0.15, 0.2) is 11.6 Å². The molecule has 3 saturated carbocycles. The fraction of sp³-hybridized carbons (Fsp3) is 0.714. The van der Waals surface area contributed by atoms with Crippen LogP contribution in [-0.2, 0) is 23.9 Å². The van der Waals surface area contributed by atoms with Gasteiger partial charge in [0.2, 0.25) is 0 Å². The van der Waals surface area contributed by atoms with Crippen LogP contribution >= 0.6 is 0 Å². The third-order valence-electron chi connectivity index (χ3n) is 9.89. The number of unbranched alkanes of at least 4 members (excludes halogenated alkanes) is 2. The van der Waals surface area contributed by atoms with Gasteiger partial charge >= 0.3 is 11.9 Å². The third kappa shape index (κ3) is 4.49. The van der Waals surface area contributed by atoms with Crippen LogP contribution in [0.3, 0.4) is 0 Å². The van der Waals surface area contributed by atoms with E-state index in [0.29, 0.717) is 38.5 Å². The number of allylic oxidation sites excluding steroid dienone is 3. The number of ether oxygens (including phenoxy) is 1. The van der Waals surface area contributed by atoms with E-state index in [4.69, 9.17) is 9.84 Å². The molecule has 0 bridgehead atoms. The first-order valence-corrected chi connectivity index (χ1v) is 13.3. The van der Waals surface area contributed by atoms with Gasteiger partial charge in [-0.05, 0) is 69.8 Å². The molecule has 0 saturated heterocycles. The van der Waals surface area contributed by atoms with Crippen LogP contribution < -0.4 is 0 Å². The van der Waals surface area contributed by atoms with E-state index in [1.54, 1.807) is 6.08 Å². The zero-order valence-corrected chi connectivity index (χ0v) is 21.6. The Morgan fingerprint density at radius 1 is 1.08 bits per heavy atom. The summed E-state index contributed by atoms with van der Waals surface area (Å²) in [7, 11) is 0. The number of carboxylic acids is 1. The van der Waals surface area contributed by atoms with Crippen molar-refractivity contribution < 1.29 is 44.3 Å². The van der Waals surface area contributed by atoms with Gasteiger partial charge in [-0.15, -0.1) is 0 Å². The first-order valence-electron chi connectivity index (χ1n) is 13.3. The molecule has 0 aromatic heterocycles. The maximum absolute atomic E-state index is 12.7. The molecule has 4 aliphatic rings. The first-order chi connectivity index (χ1) is 17.4. The van der Waals surface area contributed by atoms with Gasteiger partial charge in [0, 0.05) is 30.3 Å². The molecule has 0 radical (unpaired) electrons. The Labute approximate surface area is 216 Å². The largest absolute Gasteiger partial charge is 0.481 e. The minimum atomic E-state index is -1.70. The third-order valence-corrected chi connectivity index (χ3v) is 9.89. The van der Waals surface area contributed by atoms with E-state index in [-0.39, 0.29) is 55.0 Å². The lowest BCUT2D eigenvalue weighted by atomic mass is 9.45. The Kier molecular flexibility index (Phi) is 7.53. The second-order valence-corrected chi connectivity index (χ2v) is 11.7. The molecule has 0 unspecified atom stereocenters. The molecule has 0 heterocycles. The number of ketones is 2. The summed E-state index contributed by atoms with van der Waals surface area (Å²) >= 11 is 0. The van der Waals surface area contributed by atoms with Crippen molar-refractivity contribution in [2.45, 2.75) is 89.8 Å². The average molecular weight is 519 g/mol. The highest BCUT2D eigenvalue weighted by Gasteiger charge is 2.69. The predicted molar refractivity (Wildman–Crippen MR) is 131 cm³/mol. The second kappa shape index (κ2) is 10.1. The van der Waals surface area contributed by atoms with Gasteiger partial charge in [-0.25, -0.2) is 0 Å². The first kappa shape index (κ1) is 27.7. The molecule has 0 spiro atoms. The Hall–Kier alpha value is -2.36. The van der Waals surface area contributed by atoms with Crippen LogP contribution in [0, 0.1) is 28.6 Å². The highest BCUT2D eigenvalue weighted by atomic mass is 16.5. The topological polar surface area (TPSA) is 158 Å². The number of aliphatic hydroxyl groups is 3. The Bertz CT molecular complexity index is 1040. The fourth-order valence-corrected chi connectivity index (χ4v) is 8.03. The van der Waals surface area contributed by atoms with Gasteiger partial charge in [0.25, 0.3) is 0 Å². The minimum Gasteiger partial charge on any atom is -0.481 e. The van der Waals surface area contributed by atoms with E-state index >= 15 is 0 Å². The number of aliphatic carboxylic acids is 1. The van der Waals surface area contributed by atoms with E-state index in [1.807, 2.05) is 13.8 Å². The van der Waals surface area contributed by atoms with Crippen molar-refractivity contribution in [3.05, 3.63) is 23.5 Å². The molecule has 0 aliphatic heterocycles. The lowest BCUT2D eigenvalue weighted by Gasteiger charge is -2.60. The van der Waals surface area contributed by atoms with Gasteiger partial charge in [-0.3, -0.25) is 19.2 Å². The van der Waals surface area contributed by atoms with Crippen LogP contribution in [0.4, 0.5) is 0 Å². The second-order valence-electron chi connectivity index (χ2n) is 11.7. The molecule has 4 rings (SSSR count). The molecule has 9 nitrogen and oxygen atoms in total. The Balaban J connectivity index is 1.57. The number of carbonyl (C=O) groups is 4. The number of hydrogen-bond donors (Lipinski definition) is 4. The molecule has 0 aromatic rings. The van der Waals surface area contributed by atoms with Crippen molar-refractivity contribution >= 4 is 23.5 Å². The zero-order valence-electron chi connectivity index (χ0n) is 21.6.